The third-order valence-electron chi connectivity index (χ3n) is 2.72. The Kier molecular flexibility index (Phi) is 4.47. The Morgan fingerprint density at radius 3 is 2.50 bits per heavy atom. The largest absolute Gasteiger partial charge is 0.343 e. The zero-order valence-electron chi connectivity index (χ0n) is 11.3. The fourth-order valence-electron chi connectivity index (χ4n) is 1.54. The molecule has 104 valence electrons. The number of carbonyl (C=O) groups is 2. The summed E-state index contributed by atoms with van der Waals surface area (Å²) in [5.74, 6) is -0.560. The van der Waals surface area contributed by atoms with Gasteiger partial charge in [-0.3, -0.25) is 9.59 Å². The van der Waals surface area contributed by atoms with Gasteiger partial charge in [0.05, 0.1) is 12.2 Å². The van der Waals surface area contributed by atoms with Gasteiger partial charge in [0.25, 0.3) is 5.91 Å². The van der Waals surface area contributed by atoms with Crippen LogP contribution in [-0.4, -0.2) is 23.3 Å². The highest BCUT2D eigenvalue weighted by Gasteiger charge is 2.10. The van der Waals surface area contributed by atoms with Crippen molar-refractivity contribution in [1.29, 1.82) is 0 Å². The number of amides is 2. The SMILES string of the molecule is Cc1nc(NC(=O)CNC(=O)c2ccccc2)sc1C. The number of aromatic nitrogens is 1. The molecule has 0 atom stereocenters. The second-order valence-corrected chi connectivity index (χ2v) is 5.46. The van der Waals surface area contributed by atoms with Crippen molar-refractivity contribution in [3.05, 3.63) is 46.5 Å². The maximum atomic E-state index is 11.8. The number of aryl methyl sites for hydroxylation is 2. The highest BCUT2D eigenvalue weighted by Crippen LogP contribution is 2.20. The maximum Gasteiger partial charge on any atom is 0.251 e. The first-order valence-electron chi connectivity index (χ1n) is 6.13. The van der Waals surface area contributed by atoms with E-state index in [1.54, 1.807) is 24.3 Å². The van der Waals surface area contributed by atoms with Gasteiger partial charge in [-0.2, -0.15) is 0 Å². The molecule has 6 heteroatoms. The second kappa shape index (κ2) is 6.29. The normalized spacial score (nSPS) is 10.1. The summed E-state index contributed by atoms with van der Waals surface area (Å²) in [6.45, 7) is 3.75. The molecule has 0 aliphatic rings. The van der Waals surface area contributed by atoms with Crippen LogP contribution in [0.2, 0.25) is 0 Å². The molecule has 2 rings (SSSR count). The molecule has 1 aromatic carbocycles. The molecule has 0 saturated carbocycles. The van der Waals surface area contributed by atoms with Crippen molar-refractivity contribution in [3.63, 3.8) is 0 Å². The van der Waals surface area contributed by atoms with Gasteiger partial charge >= 0.3 is 0 Å². The summed E-state index contributed by atoms with van der Waals surface area (Å²) in [6.07, 6.45) is 0. The van der Waals surface area contributed by atoms with Gasteiger partial charge in [0.15, 0.2) is 5.13 Å². The van der Waals surface area contributed by atoms with E-state index in [1.807, 2.05) is 19.9 Å². The average molecular weight is 289 g/mol. The van der Waals surface area contributed by atoms with Crippen LogP contribution in [0.3, 0.4) is 0 Å². The van der Waals surface area contributed by atoms with Crippen molar-refractivity contribution in [2.75, 3.05) is 11.9 Å². The molecular formula is C14H15N3O2S. The number of rotatable bonds is 4. The molecule has 5 nitrogen and oxygen atoms in total. The lowest BCUT2D eigenvalue weighted by Gasteiger charge is -2.04. The molecule has 0 unspecified atom stereocenters. The molecule has 1 aromatic heterocycles. The number of nitrogens with one attached hydrogen (secondary N) is 2. The lowest BCUT2D eigenvalue weighted by molar-refractivity contribution is -0.115. The summed E-state index contributed by atoms with van der Waals surface area (Å²) < 4.78 is 0. The average Bonchev–Trinajstić information content (AvgIpc) is 2.75. The number of anilines is 1. The van der Waals surface area contributed by atoms with Crippen molar-refractivity contribution >= 4 is 28.3 Å². The first-order valence-corrected chi connectivity index (χ1v) is 6.95. The molecule has 0 saturated heterocycles. The number of nitrogens with zero attached hydrogens (tertiary/aromatic N) is 1. The van der Waals surface area contributed by atoms with E-state index in [2.05, 4.69) is 15.6 Å². The number of hydrogen-bond donors (Lipinski definition) is 2. The van der Waals surface area contributed by atoms with Crippen LogP contribution in [0.5, 0.6) is 0 Å². The summed E-state index contributed by atoms with van der Waals surface area (Å²) in [7, 11) is 0. The molecule has 2 amide bonds. The molecule has 0 bridgehead atoms. The fourth-order valence-corrected chi connectivity index (χ4v) is 2.37. The number of benzene rings is 1. The zero-order valence-corrected chi connectivity index (χ0v) is 12.1. The van der Waals surface area contributed by atoms with Crippen molar-refractivity contribution in [2.45, 2.75) is 13.8 Å². The van der Waals surface area contributed by atoms with Gasteiger partial charge in [-0.05, 0) is 26.0 Å². The summed E-state index contributed by atoms with van der Waals surface area (Å²) in [6, 6.07) is 8.77. The van der Waals surface area contributed by atoms with E-state index < -0.39 is 0 Å². The number of carbonyl (C=O) groups excluding carboxylic acids is 2. The molecule has 20 heavy (non-hydrogen) atoms. The van der Waals surface area contributed by atoms with Crippen LogP contribution in [0.4, 0.5) is 5.13 Å². The van der Waals surface area contributed by atoms with Gasteiger partial charge in [-0.25, -0.2) is 4.98 Å². The van der Waals surface area contributed by atoms with Crippen molar-refractivity contribution in [3.8, 4) is 0 Å². The molecule has 0 radical (unpaired) electrons. The quantitative estimate of drug-likeness (QED) is 0.905. The van der Waals surface area contributed by atoms with E-state index in [-0.39, 0.29) is 18.4 Å². The van der Waals surface area contributed by atoms with Crippen LogP contribution in [0.25, 0.3) is 0 Å². The maximum absolute atomic E-state index is 11.8. The summed E-state index contributed by atoms with van der Waals surface area (Å²) >= 11 is 1.42. The minimum Gasteiger partial charge on any atom is -0.343 e. The van der Waals surface area contributed by atoms with Gasteiger partial charge in [0.1, 0.15) is 0 Å². The summed E-state index contributed by atoms with van der Waals surface area (Å²) in [5.41, 5.74) is 1.43. The highest BCUT2D eigenvalue weighted by atomic mass is 32.1. The molecular weight excluding hydrogens is 274 g/mol. The van der Waals surface area contributed by atoms with Crippen LogP contribution >= 0.6 is 11.3 Å². The molecule has 0 fully saturated rings. The van der Waals surface area contributed by atoms with E-state index in [9.17, 15) is 9.59 Å². The van der Waals surface area contributed by atoms with Gasteiger partial charge in [0, 0.05) is 10.4 Å². The Morgan fingerprint density at radius 2 is 1.90 bits per heavy atom. The van der Waals surface area contributed by atoms with Gasteiger partial charge in [-0.15, -0.1) is 11.3 Å². The van der Waals surface area contributed by atoms with Gasteiger partial charge < -0.3 is 10.6 Å². The zero-order chi connectivity index (χ0) is 14.5. The van der Waals surface area contributed by atoms with Crippen LogP contribution in [0, 0.1) is 13.8 Å². The minimum atomic E-state index is -0.289. The van der Waals surface area contributed by atoms with E-state index in [0.29, 0.717) is 10.7 Å². The number of thiazole rings is 1. The first kappa shape index (κ1) is 14.2. The van der Waals surface area contributed by atoms with E-state index in [4.69, 9.17) is 0 Å². The standard InChI is InChI=1S/C14H15N3O2S/c1-9-10(2)20-14(16-9)17-12(18)8-15-13(19)11-6-4-3-5-7-11/h3-7H,8H2,1-2H3,(H,15,19)(H,16,17,18). The predicted molar refractivity (Wildman–Crippen MR) is 79.0 cm³/mol. The van der Waals surface area contributed by atoms with Crippen LogP contribution in [0.1, 0.15) is 20.9 Å². The van der Waals surface area contributed by atoms with Crippen molar-refractivity contribution in [1.82, 2.24) is 10.3 Å². The smallest absolute Gasteiger partial charge is 0.251 e. The molecule has 2 aromatic rings. The Bertz CT molecular complexity index is 603. The summed E-state index contributed by atoms with van der Waals surface area (Å²) in [4.78, 5) is 28.7. The Morgan fingerprint density at radius 1 is 1.20 bits per heavy atom. The highest BCUT2D eigenvalue weighted by molar-refractivity contribution is 7.15. The van der Waals surface area contributed by atoms with Crippen molar-refractivity contribution < 1.29 is 9.59 Å². The van der Waals surface area contributed by atoms with E-state index in [1.165, 1.54) is 11.3 Å². The summed E-state index contributed by atoms with van der Waals surface area (Å²) in [5, 5.41) is 5.79. The van der Waals surface area contributed by atoms with Gasteiger partial charge in [-0.1, -0.05) is 18.2 Å². The third kappa shape index (κ3) is 3.64. The minimum absolute atomic E-state index is 0.0780. The number of hydrogen-bond acceptors (Lipinski definition) is 4. The van der Waals surface area contributed by atoms with Crippen LogP contribution < -0.4 is 10.6 Å². The first-order chi connectivity index (χ1) is 9.56. The van der Waals surface area contributed by atoms with Crippen LogP contribution in [0.15, 0.2) is 30.3 Å². The molecule has 2 N–H and O–H groups in total. The Balaban J connectivity index is 1.85. The topological polar surface area (TPSA) is 71.1 Å². The van der Waals surface area contributed by atoms with E-state index >= 15 is 0 Å². The fraction of sp³-hybridized carbons (Fsp3) is 0.214. The van der Waals surface area contributed by atoms with Crippen LogP contribution in [-0.2, 0) is 4.79 Å². The van der Waals surface area contributed by atoms with Crippen molar-refractivity contribution in [2.24, 2.45) is 0 Å². The molecule has 1 heterocycles. The lowest BCUT2D eigenvalue weighted by atomic mass is 10.2. The monoisotopic (exact) mass is 289 g/mol. The second-order valence-electron chi connectivity index (χ2n) is 4.26. The predicted octanol–water partition coefficient (Wildman–Crippen LogP) is 2.13. The molecule has 0 aliphatic carbocycles. The van der Waals surface area contributed by atoms with E-state index in [0.717, 1.165) is 10.6 Å². The lowest BCUT2D eigenvalue weighted by Crippen LogP contribution is -2.32. The molecule has 0 spiro atoms. The Labute approximate surface area is 121 Å². The van der Waals surface area contributed by atoms with Gasteiger partial charge in [0.2, 0.25) is 5.91 Å². The Hall–Kier alpha value is -2.21. The molecule has 0 aliphatic heterocycles. The third-order valence-corrected chi connectivity index (χ3v) is 3.71.